The molecule has 0 aromatic carbocycles. The topological polar surface area (TPSA) is 12.5 Å². The first-order chi connectivity index (χ1) is 5.26. The zero-order chi connectivity index (χ0) is 7.90. The van der Waals surface area contributed by atoms with Gasteiger partial charge in [-0.1, -0.05) is 11.6 Å². The van der Waals surface area contributed by atoms with Crippen LogP contribution in [0.15, 0.2) is 11.6 Å². The van der Waals surface area contributed by atoms with E-state index in [4.69, 9.17) is 4.74 Å². The molecule has 0 saturated carbocycles. The Morgan fingerprint density at radius 2 is 2.45 bits per heavy atom. The van der Waals surface area contributed by atoms with Crippen molar-refractivity contribution in [2.75, 3.05) is 26.8 Å². The highest BCUT2D eigenvalue weighted by Gasteiger charge is 2.42. The van der Waals surface area contributed by atoms with Crippen LogP contribution >= 0.6 is 0 Å². The maximum Gasteiger partial charge on any atom is 0.0689 e. The second kappa shape index (κ2) is 2.32. The average Bonchev–Trinajstić information content (AvgIpc) is 2.56. The summed E-state index contributed by atoms with van der Waals surface area (Å²) < 4.78 is 5.44. The summed E-state index contributed by atoms with van der Waals surface area (Å²) in [7, 11) is 2.18. The quantitative estimate of drug-likeness (QED) is 0.482. The van der Waals surface area contributed by atoms with Crippen molar-refractivity contribution in [3.8, 4) is 0 Å². The molecule has 11 heavy (non-hydrogen) atoms. The molecule has 2 aliphatic rings. The standard InChI is InChI=1S/C9H15NO/c1-8-3-5-10(2)9(8)4-6-11-7-9/h3H,4-7H2,1-2H3/t9-/m1/s1. The van der Waals surface area contributed by atoms with E-state index in [1.54, 1.807) is 0 Å². The van der Waals surface area contributed by atoms with E-state index in [0.29, 0.717) is 0 Å². The molecule has 0 aromatic heterocycles. The first-order valence-electron chi connectivity index (χ1n) is 4.22. The van der Waals surface area contributed by atoms with Gasteiger partial charge in [-0.3, -0.25) is 4.90 Å². The summed E-state index contributed by atoms with van der Waals surface area (Å²) in [6.07, 6.45) is 3.49. The van der Waals surface area contributed by atoms with Crippen LogP contribution in [0.1, 0.15) is 13.3 Å². The van der Waals surface area contributed by atoms with E-state index in [9.17, 15) is 0 Å². The molecule has 2 heteroatoms. The number of nitrogens with zero attached hydrogens (tertiary/aromatic N) is 1. The van der Waals surface area contributed by atoms with Gasteiger partial charge in [0.15, 0.2) is 0 Å². The van der Waals surface area contributed by atoms with Crippen LogP contribution in [0.3, 0.4) is 0 Å². The van der Waals surface area contributed by atoms with E-state index in [2.05, 4.69) is 24.9 Å². The SMILES string of the molecule is CC1=CCN(C)[C@@]12CCOC2. The predicted molar refractivity (Wildman–Crippen MR) is 44.6 cm³/mol. The molecule has 1 spiro atoms. The maximum absolute atomic E-state index is 5.44. The Balaban J connectivity index is 2.27. The lowest BCUT2D eigenvalue weighted by atomic mass is 9.91. The van der Waals surface area contributed by atoms with Gasteiger partial charge in [-0.2, -0.15) is 0 Å². The highest BCUT2D eigenvalue weighted by molar-refractivity contribution is 5.26. The second-order valence-corrected chi connectivity index (χ2v) is 3.60. The van der Waals surface area contributed by atoms with Crippen molar-refractivity contribution in [2.24, 2.45) is 0 Å². The van der Waals surface area contributed by atoms with Crippen molar-refractivity contribution in [3.63, 3.8) is 0 Å². The molecule has 62 valence electrons. The Labute approximate surface area is 67.8 Å². The van der Waals surface area contributed by atoms with Gasteiger partial charge in [-0.25, -0.2) is 0 Å². The largest absolute Gasteiger partial charge is 0.379 e. The molecule has 0 amide bonds. The number of likely N-dealkylation sites (N-methyl/N-ethyl adjacent to an activating group) is 1. The third kappa shape index (κ3) is 0.861. The molecule has 0 radical (unpaired) electrons. The van der Waals surface area contributed by atoms with Gasteiger partial charge in [0.25, 0.3) is 0 Å². The summed E-state index contributed by atoms with van der Waals surface area (Å²) in [5, 5.41) is 0. The Morgan fingerprint density at radius 1 is 1.64 bits per heavy atom. The Hall–Kier alpha value is -0.340. The molecule has 0 bridgehead atoms. The summed E-state index contributed by atoms with van der Waals surface area (Å²) in [5.74, 6) is 0. The molecule has 1 fully saturated rings. The van der Waals surface area contributed by atoms with Crippen molar-refractivity contribution in [1.82, 2.24) is 4.90 Å². The van der Waals surface area contributed by atoms with Crippen LogP contribution in [0.4, 0.5) is 0 Å². The van der Waals surface area contributed by atoms with E-state index < -0.39 is 0 Å². The second-order valence-electron chi connectivity index (χ2n) is 3.60. The Kier molecular flexibility index (Phi) is 1.55. The van der Waals surface area contributed by atoms with Crippen LogP contribution in [0.25, 0.3) is 0 Å². The van der Waals surface area contributed by atoms with Gasteiger partial charge in [0, 0.05) is 13.2 Å². The van der Waals surface area contributed by atoms with E-state index in [1.807, 2.05) is 0 Å². The molecular weight excluding hydrogens is 138 g/mol. The molecule has 2 nitrogen and oxygen atoms in total. The van der Waals surface area contributed by atoms with Crippen LogP contribution < -0.4 is 0 Å². The van der Waals surface area contributed by atoms with Gasteiger partial charge in [0.05, 0.1) is 12.1 Å². The molecule has 2 rings (SSSR count). The number of ether oxygens (including phenoxy) is 1. The fourth-order valence-electron chi connectivity index (χ4n) is 2.11. The van der Waals surface area contributed by atoms with Crippen LogP contribution in [-0.4, -0.2) is 37.2 Å². The zero-order valence-electron chi connectivity index (χ0n) is 7.26. The average molecular weight is 153 g/mol. The lowest BCUT2D eigenvalue weighted by Gasteiger charge is -2.32. The minimum Gasteiger partial charge on any atom is -0.379 e. The Bertz CT molecular complexity index is 192. The lowest BCUT2D eigenvalue weighted by molar-refractivity contribution is 0.133. The number of hydrogen-bond donors (Lipinski definition) is 0. The molecule has 1 saturated heterocycles. The normalized spacial score (nSPS) is 38.5. The van der Waals surface area contributed by atoms with Crippen LogP contribution in [0, 0.1) is 0 Å². The smallest absolute Gasteiger partial charge is 0.0689 e. The minimum atomic E-state index is 0.278. The van der Waals surface area contributed by atoms with Crippen LogP contribution in [-0.2, 0) is 4.74 Å². The third-order valence-corrected chi connectivity index (χ3v) is 3.14. The summed E-state index contributed by atoms with van der Waals surface area (Å²) in [6.45, 7) is 5.13. The molecule has 0 aliphatic carbocycles. The van der Waals surface area contributed by atoms with E-state index in [1.165, 1.54) is 12.0 Å². The van der Waals surface area contributed by atoms with Gasteiger partial charge >= 0.3 is 0 Å². The summed E-state index contributed by atoms with van der Waals surface area (Å²) in [6, 6.07) is 0. The lowest BCUT2D eigenvalue weighted by Crippen LogP contribution is -2.44. The van der Waals surface area contributed by atoms with Crippen LogP contribution in [0.2, 0.25) is 0 Å². The monoisotopic (exact) mass is 153 g/mol. The van der Waals surface area contributed by atoms with E-state index in [0.717, 1.165) is 19.8 Å². The van der Waals surface area contributed by atoms with E-state index in [-0.39, 0.29) is 5.54 Å². The van der Waals surface area contributed by atoms with E-state index >= 15 is 0 Å². The van der Waals surface area contributed by atoms with Crippen LogP contribution in [0.5, 0.6) is 0 Å². The van der Waals surface area contributed by atoms with Crippen molar-refractivity contribution in [1.29, 1.82) is 0 Å². The van der Waals surface area contributed by atoms with Crippen molar-refractivity contribution in [3.05, 3.63) is 11.6 Å². The Morgan fingerprint density at radius 3 is 2.91 bits per heavy atom. The summed E-state index contributed by atoms with van der Waals surface area (Å²) >= 11 is 0. The molecule has 0 N–H and O–H groups in total. The zero-order valence-corrected chi connectivity index (χ0v) is 7.26. The van der Waals surface area contributed by atoms with Gasteiger partial charge in [-0.15, -0.1) is 0 Å². The van der Waals surface area contributed by atoms with Crippen molar-refractivity contribution < 1.29 is 4.74 Å². The van der Waals surface area contributed by atoms with Gasteiger partial charge in [-0.05, 0) is 20.4 Å². The fourth-order valence-corrected chi connectivity index (χ4v) is 2.11. The molecule has 0 unspecified atom stereocenters. The summed E-state index contributed by atoms with van der Waals surface area (Å²) in [4.78, 5) is 2.40. The maximum atomic E-state index is 5.44. The first kappa shape index (κ1) is 7.32. The molecule has 0 aromatic rings. The molecular formula is C9H15NO. The van der Waals surface area contributed by atoms with Crippen molar-refractivity contribution in [2.45, 2.75) is 18.9 Å². The fraction of sp³-hybridized carbons (Fsp3) is 0.778. The van der Waals surface area contributed by atoms with Gasteiger partial charge in [0.1, 0.15) is 0 Å². The third-order valence-electron chi connectivity index (χ3n) is 3.14. The highest BCUT2D eigenvalue weighted by atomic mass is 16.5. The molecule has 2 heterocycles. The molecule has 2 aliphatic heterocycles. The summed E-state index contributed by atoms with van der Waals surface area (Å²) in [5.41, 5.74) is 1.78. The number of hydrogen-bond acceptors (Lipinski definition) is 2. The number of rotatable bonds is 0. The van der Waals surface area contributed by atoms with Gasteiger partial charge < -0.3 is 4.74 Å². The van der Waals surface area contributed by atoms with Crippen molar-refractivity contribution >= 4 is 0 Å². The minimum absolute atomic E-state index is 0.278. The first-order valence-corrected chi connectivity index (χ1v) is 4.22. The highest BCUT2D eigenvalue weighted by Crippen LogP contribution is 2.35. The van der Waals surface area contributed by atoms with Gasteiger partial charge in [0.2, 0.25) is 0 Å². The predicted octanol–water partition coefficient (Wildman–Crippen LogP) is 1.04. The molecule has 1 atom stereocenters.